The Hall–Kier alpha value is -2.61. The Morgan fingerprint density at radius 2 is 1.88 bits per heavy atom. The average molecular weight is 391 g/mol. The van der Waals surface area contributed by atoms with E-state index in [-0.39, 0.29) is 11.7 Å². The summed E-state index contributed by atoms with van der Waals surface area (Å²) < 4.78 is 10.7. The number of fused-ring (bicyclic) bond motifs is 1. The molecule has 2 heterocycles. The van der Waals surface area contributed by atoms with E-state index in [1.165, 1.54) is 11.6 Å². The van der Waals surface area contributed by atoms with Gasteiger partial charge in [0.25, 0.3) is 5.56 Å². The van der Waals surface area contributed by atoms with Crippen LogP contribution in [-0.2, 0) is 20.6 Å². The maximum atomic E-state index is 12.5. The van der Waals surface area contributed by atoms with Gasteiger partial charge in [0.15, 0.2) is 11.2 Å². The monoisotopic (exact) mass is 390 g/mol. The van der Waals surface area contributed by atoms with Gasteiger partial charge < -0.3 is 4.74 Å². The smallest absolute Gasteiger partial charge is 0.332 e. The van der Waals surface area contributed by atoms with Crippen LogP contribution < -0.4 is 16.0 Å². The van der Waals surface area contributed by atoms with E-state index in [0.717, 1.165) is 9.04 Å². The highest BCUT2D eigenvalue weighted by Gasteiger charge is 2.19. The van der Waals surface area contributed by atoms with Crippen LogP contribution >= 0.6 is 15.9 Å². The first-order valence-corrected chi connectivity index (χ1v) is 7.94. The lowest BCUT2D eigenvalue weighted by atomic mass is 10.3. The molecule has 2 aromatic heterocycles. The molecule has 0 radical (unpaired) electrons. The number of hydrogen-bond acceptors (Lipinski definition) is 4. The highest BCUT2D eigenvalue weighted by atomic mass is 79.9. The van der Waals surface area contributed by atoms with E-state index in [1.54, 1.807) is 29.8 Å². The van der Waals surface area contributed by atoms with E-state index in [4.69, 9.17) is 4.74 Å². The van der Waals surface area contributed by atoms with Gasteiger partial charge in [0.05, 0.1) is 0 Å². The van der Waals surface area contributed by atoms with Gasteiger partial charge in [-0.25, -0.2) is 4.79 Å². The van der Waals surface area contributed by atoms with Gasteiger partial charge in [0.1, 0.15) is 5.75 Å². The molecule has 0 N–H and O–H groups in total. The molecule has 0 aliphatic rings. The van der Waals surface area contributed by atoms with Crippen molar-refractivity contribution in [2.24, 2.45) is 14.1 Å². The van der Waals surface area contributed by atoms with Gasteiger partial charge in [-0.3, -0.25) is 18.5 Å². The predicted octanol–water partition coefficient (Wildman–Crippen LogP) is 2.17. The zero-order chi connectivity index (χ0) is 17.4. The summed E-state index contributed by atoms with van der Waals surface area (Å²) in [6.45, 7) is 4.04. The predicted molar refractivity (Wildman–Crippen MR) is 94.6 cm³/mol. The van der Waals surface area contributed by atoms with Crippen molar-refractivity contribution >= 4 is 27.1 Å². The summed E-state index contributed by atoms with van der Waals surface area (Å²) in [6.07, 6.45) is 1.64. The molecule has 0 unspecified atom stereocenters. The second-order valence-corrected chi connectivity index (χ2v) is 6.14. The van der Waals surface area contributed by atoms with Crippen molar-refractivity contribution in [2.45, 2.75) is 6.54 Å². The molecule has 0 fully saturated rings. The fourth-order valence-electron chi connectivity index (χ4n) is 2.41. The molecule has 0 atom stereocenters. The number of nitrogens with zero attached hydrogens (tertiary/aromatic N) is 4. The van der Waals surface area contributed by atoms with Crippen molar-refractivity contribution in [2.75, 3.05) is 0 Å². The highest BCUT2D eigenvalue weighted by Crippen LogP contribution is 2.25. The van der Waals surface area contributed by atoms with Gasteiger partial charge in [-0.2, -0.15) is 4.98 Å². The number of ether oxygens (including phenoxy) is 1. The SMILES string of the molecule is C=CCn1c(Oc2ccc(Br)cc2)nc2c1c(=O)n(C)c(=O)n2C. The fourth-order valence-corrected chi connectivity index (χ4v) is 2.68. The molecule has 8 heteroatoms. The van der Waals surface area contributed by atoms with Crippen molar-refractivity contribution < 1.29 is 4.74 Å². The lowest BCUT2D eigenvalue weighted by molar-refractivity contribution is 0.422. The van der Waals surface area contributed by atoms with Crippen LogP contribution in [0.3, 0.4) is 0 Å². The maximum absolute atomic E-state index is 12.5. The van der Waals surface area contributed by atoms with E-state index in [1.807, 2.05) is 12.1 Å². The van der Waals surface area contributed by atoms with Crippen LogP contribution in [-0.4, -0.2) is 18.7 Å². The third-order valence-corrected chi connectivity index (χ3v) is 4.18. The molecule has 0 spiro atoms. The van der Waals surface area contributed by atoms with Crippen molar-refractivity contribution in [1.29, 1.82) is 0 Å². The molecular weight excluding hydrogens is 376 g/mol. The van der Waals surface area contributed by atoms with E-state index in [0.29, 0.717) is 17.8 Å². The molecule has 3 rings (SSSR count). The number of aromatic nitrogens is 4. The molecule has 7 nitrogen and oxygen atoms in total. The maximum Gasteiger partial charge on any atom is 0.332 e. The minimum absolute atomic E-state index is 0.227. The normalized spacial score (nSPS) is 11.0. The molecule has 0 bridgehead atoms. The molecule has 3 aromatic rings. The number of allylic oxidation sites excluding steroid dienone is 1. The lowest BCUT2D eigenvalue weighted by Crippen LogP contribution is -2.37. The summed E-state index contributed by atoms with van der Waals surface area (Å²) >= 11 is 3.36. The third-order valence-electron chi connectivity index (χ3n) is 3.65. The van der Waals surface area contributed by atoms with Crippen molar-refractivity contribution in [3.05, 3.63) is 62.2 Å². The summed E-state index contributed by atoms with van der Waals surface area (Å²) in [5, 5.41) is 0. The summed E-state index contributed by atoms with van der Waals surface area (Å²) in [5.41, 5.74) is -0.289. The Bertz CT molecular complexity index is 1040. The third kappa shape index (κ3) is 2.58. The molecule has 0 amide bonds. The van der Waals surface area contributed by atoms with Crippen LogP contribution in [0, 0.1) is 0 Å². The van der Waals surface area contributed by atoms with Crippen LogP contribution in [0.4, 0.5) is 0 Å². The molecule has 0 aliphatic heterocycles. The largest absolute Gasteiger partial charge is 0.425 e. The van der Waals surface area contributed by atoms with E-state index >= 15 is 0 Å². The molecule has 0 aliphatic carbocycles. The quantitative estimate of drug-likeness (QED) is 0.640. The van der Waals surface area contributed by atoms with Crippen molar-refractivity contribution in [3.63, 3.8) is 0 Å². The summed E-state index contributed by atoms with van der Waals surface area (Å²) in [7, 11) is 3.00. The van der Waals surface area contributed by atoms with E-state index in [2.05, 4.69) is 27.5 Å². The second kappa shape index (κ2) is 6.12. The Labute approximate surface area is 145 Å². The topological polar surface area (TPSA) is 71.1 Å². The first kappa shape index (κ1) is 16.3. The van der Waals surface area contributed by atoms with Crippen molar-refractivity contribution in [3.8, 4) is 11.8 Å². The minimum Gasteiger partial charge on any atom is -0.425 e. The van der Waals surface area contributed by atoms with Crippen LogP contribution in [0.2, 0.25) is 0 Å². The highest BCUT2D eigenvalue weighted by molar-refractivity contribution is 9.10. The molecule has 0 saturated heterocycles. The van der Waals surface area contributed by atoms with Gasteiger partial charge in [-0.1, -0.05) is 22.0 Å². The number of halogens is 1. The summed E-state index contributed by atoms with van der Waals surface area (Å²) in [5.74, 6) is 0.570. The van der Waals surface area contributed by atoms with Crippen LogP contribution in [0.5, 0.6) is 11.8 Å². The summed E-state index contributed by atoms with van der Waals surface area (Å²) in [4.78, 5) is 28.9. The Balaban J connectivity index is 2.26. The van der Waals surface area contributed by atoms with Gasteiger partial charge in [0, 0.05) is 25.1 Å². The fraction of sp³-hybridized carbons (Fsp3) is 0.188. The zero-order valence-corrected chi connectivity index (χ0v) is 14.8. The Morgan fingerprint density at radius 1 is 1.21 bits per heavy atom. The number of aryl methyl sites for hydroxylation is 1. The zero-order valence-electron chi connectivity index (χ0n) is 13.2. The van der Waals surface area contributed by atoms with Gasteiger partial charge >= 0.3 is 11.7 Å². The Morgan fingerprint density at radius 3 is 2.50 bits per heavy atom. The van der Waals surface area contributed by atoms with Crippen LogP contribution in [0.1, 0.15) is 0 Å². The Kier molecular flexibility index (Phi) is 4.15. The molecule has 24 heavy (non-hydrogen) atoms. The summed E-state index contributed by atoms with van der Waals surface area (Å²) in [6, 6.07) is 7.46. The number of imidazole rings is 1. The number of benzene rings is 1. The van der Waals surface area contributed by atoms with Gasteiger partial charge in [-0.05, 0) is 24.3 Å². The first-order valence-electron chi connectivity index (χ1n) is 7.14. The van der Waals surface area contributed by atoms with E-state index < -0.39 is 11.2 Å². The van der Waals surface area contributed by atoms with E-state index in [9.17, 15) is 9.59 Å². The molecule has 0 saturated carbocycles. The number of rotatable bonds is 4. The molecule has 124 valence electrons. The second-order valence-electron chi connectivity index (χ2n) is 5.23. The number of hydrogen-bond donors (Lipinski definition) is 0. The average Bonchev–Trinajstić information content (AvgIpc) is 2.92. The van der Waals surface area contributed by atoms with Crippen LogP contribution in [0.25, 0.3) is 11.2 Å². The van der Waals surface area contributed by atoms with Gasteiger partial charge in [-0.15, -0.1) is 6.58 Å². The molecule has 1 aromatic carbocycles. The standard InChI is InChI=1S/C16H15BrN4O3/c1-4-9-21-12-13(19(2)16(23)20(3)14(12)22)18-15(21)24-11-7-5-10(17)6-8-11/h4-8H,1,9H2,2-3H3. The molecular formula is C16H15BrN4O3. The van der Waals surface area contributed by atoms with Crippen LogP contribution in [0.15, 0.2) is 51.0 Å². The van der Waals surface area contributed by atoms with Crippen molar-refractivity contribution in [1.82, 2.24) is 18.7 Å². The first-order chi connectivity index (χ1) is 11.4. The van der Waals surface area contributed by atoms with Gasteiger partial charge in [0.2, 0.25) is 0 Å². The lowest BCUT2D eigenvalue weighted by Gasteiger charge is -2.08. The minimum atomic E-state index is -0.439.